The second-order valence-electron chi connectivity index (χ2n) is 2.39. The van der Waals surface area contributed by atoms with Crippen molar-refractivity contribution in [3.63, 3.8) is 0 Å². The molecular weight excluding hydrogens is 258 g/mol. The molecule has 0 radical (unpaired) electrons. The summed E-state index contributed by atoms with van der Waals surface area (Å²) in [5.74, 6) is 0.666. The Labute approximate surface area is 90.0 Å². The molecule has 1 heterocycles. The van der Waals surface area contributed by atoms with Crippen LogP contribution in [-0.2, 0) is 0 Å². The molecule has 1 aromatic heterocycles. The number of pyridine rings is 1. The molecule has 0 fully saturated rings. The van der Waals surface area contributed by atoms with Crippen LogP contribution in [-0.4, -0.2) is 16.1 Å². The third-order valence-corrected chi connectivity index (χ3v) is 4.00. The third kappa shape index (κ3) is 2.96. The SMILES string of the molecule is CC(CCl)Sc1ccncc1Br. The summed E-state index contributed by atoms with van der Waals surface area (Å²) in [6, 6.07) is 1.98. The lowest BCUT2D eigenvalue weighted by Gasteiger charge is -2.07. The fourth-order valence-corrected chi connectivity index (χ4v) is 2.23. The highest BCUT2D eigenvalue weighted by molar-refractivity contribution is 9.10. The standard InChI is InChI=1S/C8H9BrClNS/c1-6(4-10)12-8-2-3-11-5-7(8)9/h2-3,5-6H,4H2,1H3. The van der Waals surface area contributed by atoms with E-state index in [4.69, 9.17) is 11.6 Å². The molecule has 0 saturated carbocycles. The molecule has 0 N–H and O–H groups in total. The summed E-state index contributed by atoms with van der Waals surface area (Å²) in [6.45, 7) is 2.10. The summed E-state index contributed by atoms with van der Waals surface area (Å²) in [4.78, 5) is 5.18. The minimum Gasteiger partial charge on any atom is -0.263 e. The average Bonchev–Trinajstić information content (AvgIpc) is 2.09. The summed E-state index contributed by atoms with van der Waals surface area (Å²) in [5.41, 5.74) is 0. The Morgan fingerprint density at radius 2 is 2.50 bits per heavy atom. The summed E-state index contributed by atoms with van der Waals surface area (Å²) >= 11 is 10.9. The van der Waals surface area contributed by atoms with Gasteiger partial charge < -0.3 is 0 Å². The number of alkyl halides is 1. The van der Waals surface area contributed by atoms with Gasteiger partial charge in [0.1, 0.15) is 0 Å². The second-order valence-corrected chi connectivity index (χ2v) is 5.03. The first-order valence-corrected chi connectivity index (χ1v) is 5.77. The number of nitrogens with zero attached hydrogens (tertiary/aromatic N) is 1. The summed E-state index contributed by atoms with van der Waals surface area (Å²) in [7, 11) is 0. The van der Waals surface area contributed by atoms with Gasteiger partial charge in [0.2, 0.25) is 0 Å². The first-order chi connectivity index (χ1) is 5.74. The van der Waals surface area contributed by atoms with Crippen LogP contribution in [0.5, 0.6) is 0 Å². The Kier molecular flexibility index (Phi) is 4.40. The largest absolute Gasteiger partial charge is 0.263 e. The van der Waals surface area contributed by atoms with E-state index in [-0.39, 0.29) is 0 Å². The average molecular weight is 267 g/mol. The predicted molar refractivity (Wildman–Crippen MR) is 58.0 cm³/mol. The molecule has 66 valence electrons. The molecule has 4 heteroatoms. The van der Waals surface area contributed by atoms with Crippen molar-refractivity contribution < 1.29 is 0 Å². The zero-order valence-corrected chi connectivity index (χ0v) is 9.79. The van der Waals surface area contributed by atoms with Crippen molar-refractivity contribution in [2.45, 2.75) is 17.1 Å². The molecular formula is C8H9BrClNS. The molecule has 1 rings (SSSR count). The van der Waals surface area contributed by atoms with Crippen molar-refractivity contribution in [3.8, 4) is 0 Å². The van der Waals surface area contributed by atoms with Gasteiger partial charge in [-0.2, -0.15) is 0 Å². The van der Waals surface area contributed by atoms with E-state index in [1.807, 2.05) is 6.07 Å². The highest BCUT2D eigenvalue weighted by Crippen LogP contribution is 2.29. The molecule has 0 aliphatic heterocycles. The van der Waals surface area contributed by atoms with Gasteiger partial charge in [0.25, 0.3) is 0 Å². The van der Waals surface area contributed by atoms with E-state index in [9.17, 15) is 0 Å². The molecule has 1 atom stereocenters. The van der Waals surface area contributed by atoms with Crippen LogP contribution >= 0.6 is 39.3 Å². The van der Waals surface area contributed by atoms with Crippen LogP contribution < -0.4 is 0 Å². The van der Waals surface area contributed by atoms with Gasteiger partial charge >= 0.3 is 0 Å². The fourth-order valence-electron chi connectivity index (χ4n) is 0.706. The van der Waals surface area contributed by atoms with Crippen molar-refractivity contribution in [1.82, 2.24) is 4.98 Å². The number of hydrogen-bond acceptors (Lipinski definition) is 2. The van der Waals surface area contributed by atoms with Gasteiger partial charge in [-0.3, -0.25) is 4.98 Å². The molecule has 0 bridgehead atoms. The highest BCUT2D eigenvalue weighted by atomic mass is 79.9. The van der Waals surface area contributed by atoms with Crippen molar-refractivity contribution in [1.29, 1.82) is 0 Å². The molecule has 1 aromatic rings. The van der Waals surface area contributed by atoms with Gasteiger partial charge in [-0.15, -0.1) is 23.4 Å². The molecule has 1 unspecified atom stereocenters. The number of thioether (sulfide) groups is 1. The van der Waals surface area contributed by atoms with E-state index < -0.39 is 0 Å². The lowest BCUT2D eigenvalue weighted by Crippen LogP contribution is -1.96. The first kappa shape index (κ1) is 10.4. The van der Waals surface area contributed by atoms with Gasteiger partial charge in [-0.1, -0.05) is 6.92 Å². The molecule has 0 amide bonds. The molecule has 12 heavy (non-hydrogen) atoms. The van der Waals surface area contributed by atoms with Gasteiger partial charge in [-0.25, -0.2) is 0 Å². The van der Waals surface area contributed by atoms with E-state index >= 15 is 0 Å². The van der Waals surface area contributed by atoms with Crippen molar-refractivity contribution in [2.24, 2.45) is 0 Å². The van der Waals surface area contributed by atoms with Crippen LogP contribution in [0.25, 0.3) is 0 Å². The maximum absolute atomic E-state index is 5.70. The van der Waals surface area contributed by atoms with Gasteiger partial charge in [0, 0.05) is 32.9 Å². The summed E-state index contributed by atoms with van der Waals surface area (Å²) in [5, 5.41) is 0.436. The number of hydrogen-bond donors (Lipinski definition) is 0. The van der Waals surface area contributed by atoms with E-state index in [0.29, 0.717) is 11.1 Å². The highest BCUT2D eigenvalue weighted by Gasteiger charge is 2.05. The smallest absolute Gasteiger partial charge is 0.0494 e. The van der Waals surface area contributed by atoms with Crippen LogP contribution in [0.1, 0.15) is 6.92 Å². The van der Waals surface area contributed by atoms with Crippen LogP contribution in [0.4, 0.5) is 0 Å². The second kappa shape index (κ2) is 5.10. The minimum absolute atomic E-state index is 0.436. The molecule has 0 aliphatic carbocycles. The Morgan fingerprint density at radius 3 is 3.08 bits per heavy atom. The fraction of sp³-hybridized carbons (Fsp3) is 0.375. The lowest BCUT2D eigenvalue weighted by molar-refractivity contribution is 1.11. The monoisotopic (exact) mass is 265 g/mol. The number of aromatic nitrogens is 1. The quantitative estimate of drug-likeness (QED) is 0.613. The van der Waals surface area contributed by atoms with Crippen LogP contribution in [0.2, 0.25) is 0 Å². The molecule has 0 saturated heterocycles. The van der Waals surface area contributed by atoms with Crippen LogP contribution in [0, 0.1) is 0 Å². The normalized spacial score (nSPS) is 12.9. The van der Waals surface area contributed by atoms with Crippen LogP contribution in [0.15, 0.2) is 27.8 Å². The van der Waals surface area contributed by atoms with Gasteiger partial charge in [-0.05, 0) is 22.0 Å². The van der Waals surface area contributed by atoms with E-state index in [2.05, 4.69) is 27.8 Å². The Morgan fingerprint density at radius 1 is 1.75 bits per heavy atom. The summed E-state index contributed by atoms with van der Waals surface area (Å²) in [6.07, 6.45) is 3.58. The summed E-state index contributed by atoms with van der Waals surface area (Å²) < 4.78 is 1.03. The molecule has 0 spiro atoms. The topological polar surface area (TPSA) is 12.9 Å². The van der Waals surface area contributed by atoms with Crippen molar-refractivity contribution in [3.05, 3.63) is 22.9 Å². The van der Waals surface area contributed by atoms with E-state index in [1.54, 1.807) is 24.2 Å². The van der Waals surface area contributed by atoms with Crippen molar-refractivity contribution in [2.75, 3.05) is 5.88 Å². The molecule has 1 nitrogen and oxygen atoms in total. The number of rotatable bonds is 3. The maximum atomic E-state index is 5.70. The Hall–Kier alpha value is 0.270. The van der Waals surface area contributed by atoms with Gasteiger partial charge in [0.05, 0.1) is 0 Å². The van der Waals surface area contributed by atoms with E-state index in [0.717, 1.165) is 4.47 Å². The van der Waals surface area contributed by atoms with Gasteiger partial charge in [0.15, 0.2) is 0 Å². The molecule has 0 aliphatic rings. The number of halogens is 2. The minimum atomic E-state index is 0.436. The lowest BCUT2D eigenvalue weighted by atomic mass is 10.5. The Bertz CT molecular complexity index is 257. The molecule has 0 aromatic carbocycles. The zero-order valence-electron chi connectivity index (χ0n) is 6.63. The zero-order chi connectivity index (χ0) is 8.97. The third-order valence-electron chi connectivity index (χ3n) is 1.28. The Balaban J connectivity index is 2.69. The van der Waals surface area contributed by atoms with Crippen LogP contribution in [0.3, 0.4) is 0 Å². The van der Waals surface area contributed by atoms with E-state index in [1.165, 1.54) is 4.90 Å². The maximum Gasteiger partial charge on any atom is 0.0494 e. The first-order valence-electron chi connectivity index (χ1n) is 3.56. The van der Waals surface area contributed by atoms with Crippen molar-refractivity contribution >= 4 is 39.3 Å². The predicted octanol–water partition coefficient (Wildman–Crippen LogP) is 3.56.